The van der Waals surface area contributed by atoms with Crippen LogP contribution in [0.25, 0.3) is 10.9 Å². The van der Waals surface area contributed by atoms with Gasteiger partial charge in [-0.05, 0) is 56.0 Å². The number of aryl methyl sites for hydroxylation is 1. The lowest BCUT2D eigenvalue weighted by Crippen LogP contribution is -2.42. The molecule has 3 aromatic rings. The number of nitriles is 1. The molecule has 2 N–H and O–H groups in total. The molecule has 0 radical (unpaired) electrons. The highest BCUT2D eigenvalue weighted by Crippen LogP contribution is 2.32. The van der Waals surface area contributed by atoms with E-state index in [4.69, 9.17) is 0 Å². The Hall–Kier alpha value is -3.64. The van der Waals surface area contributed by atoms with Gasteiger partial charge in [-0.1, -0.05) is 12.1 Å². The van der Waals surface area contributed by atoms with E-state index in [1.54, 1.807) is 6.07 Å². The number of hydrogen-bond donors (Lipinski definition) is 2. The van der Waals surface area contributed by atoms with Crippen molar-refractivity contribution in [3.8, 4) is 6.07 Å². The Labute approximate surface area is 185 Å². The summed E-state index contributed by atoms with van der Waals surface area (Å²) in [5.74, 6) is -1.41. The molecule has 4 rings (SSSR count). The minimum atomic E-state index is -3.96. The van der Waals surface area contributed by atoms with Crippen LogP contribution in [-0.4, -0.2) is 43.2 Å². The molecule has 164 valence electrons. The van der Waals surface area contributed by atoms with Crippen molar-refractivity contribution in [2.75, 3.05) is 18.4 Å². The number of aromatic nitrogens is 1. The second kappa shape index (κ2) is 8.48. The molecule has 1 aromatic heterocycles. The highest BCUT2D eigenvalue weighted by Gasteiger charge is 2.26. The number of piperidine rings is 1. The predicted molar refractivity (Wildman–Crippen MR) is 119 cm³/mol. The Kier molecular flexibility index (Phi) is 5.72. The molecule has 1 aliphatic rings. The Balaban J connectivity index is 1.65. The zero-order valence-corrected chi connectivity index (χ0v) is 18.3. The van der Waals surface area contributed by atoms with Crippen LogP contribution >= 0.6 is 0 Å². The zero-order chi connectivity index (χ0) is 22.9. The highest BCUT2D eigenvalue weighted by atomic mass is 32.2. The maximum Gasteiger partial charge on any atom is 0.313 e. The maximum atomic E-state index is 13.4. The van der Waals surface area contributed by atoms with Crippen molar-refractivity contribution in [3.63, 3.8) is 0 Å². The molecule has 0 atom stereocenters. The average Bonchev–Trinajstić information content (AvgIpc) is 3.24. The SMILES string of the molecule is Cc1ccc(S(=O)(=O)c2cccc(NC(=O)C(=O)N3CCCCC3)c2)c2[nH]cc(C#N)c12. The summed E-state index contributed by atoms with van der Waals surface area (Å²) < 4.78 is 26.8. The number of carbonyl (C=O) groups excluding carboxylic acids is 2. The van der Waals surface area contributed by atoms with Gasteiger partial charge in [-0.3, -0.25) is 9.59 Å². The lowest BCUT2D eigenvalue weighted by atomic mass is 10.1. The number of nitrogens with one attached hydrogen (secondary N) is 2. The Bertz CT molecular complexity index is 1360. The third-order valence-electron chi connectivity index (χ3n) is 5.66. The molecule has 32 heavy (non-hydrogen) atoms. The summed E-state index contributed by atoms with van der Waals surface area (Å²) in [5.41, 5.74) is 1.73. The van der Waals surface area contributed by atoms with Crippen molar-refractivity contribution in [2.45, 2.75) is 36.0 Å². The van der Waals surface area contributed by atoms with Crippen LogP contribution in [0.2, 0.25) is 0 Å². The standard InChI is InChI=1S/C23H22N4O4S/c1-15-8-9-19(21-20(15)16(13-24)14-25-21)32(30,31)18-7-5-6-17(12-18)26-22(28)23(29)27-10-3-2-4-11-27/h5-9,12,14,25H,2-4,10-11H2,1H3,(H,26,28). The van der Waals surface area contributed by atoms with Gasteiger partial charge in [0.15, 0.2) is 0 Å². The summed E-state index contributed by atoms with van der Waals surface area (Å²) in [6.45, 7) is 2.90. The van der Waals surface area contributed by atoms with Crippen LogP contribution in [-0.2, 0) is 19.4 Å². The second-order valence-electron chi connectivity index (χ2n) is 7.78. The number of hydrogen-bond acceptors (Lipinski definition) is 5. The number of sulfone groups is 1. The lowest BCUT2D eigenvalue weighted by Gasteiger charge is -2.25. The van der Waals surface area contributed by atoms with E-state index >= 15 is 0 Å². The topological polar surface area (TPSA) is 123 Å². The number of rotatable bonds is 3. The summed E-state index contributed by atoms with van der Waals surface area (Å²) >= 11 is 0. The molecule has 0 saturated carbocycles. The first kappa shape index (κ1) is 21.6. The maximum absolute atomic E-state index is 13.4. The number of fused-ring (bicyclic) bond motifs is 1. The molecule has 1 fully saturated rings. The molecule has 9 heteroatoms. The van der Waals surface area contributed by atoms with Gasteiger partial charge in [-0.15, -0.1) is 0 Å². The van der Waals surface area contributed by atoms with Crippen LogP contribution in [0.4, 0.5) is 5.69 Å². The number of H-pyrrole nitrogens is 1. The van der Waals surface area contributed by atoms with Crippen molar-refractivity contribution in [2.24, 2.45) is 0 Å². The second-order valence-corrected chi connectivity index (χ2v) is 9.70. The van der Waals surface area contributed by atoms with Gasteiger partial charge in [-0.25, -0.2) is 8.42 Å². The minimum absolute atomic E-state index is 0.0287. The van der Waals surface area contributed by atoms with Crippen molar-refractivity contribution in [1.29, 1.82) is 5.26 Å². The number of benzene rings is 2. The summed E-state index contributed by atoms with van der Waals surface area (Å²) in [4.78, 5) is 29.2. The van der Waals surface area contributed by atoms with Crippen molar-refractivity contribution >= 4 is 38.2 Å². The fourth-order valence-corrected chi connectivity index (χ4v) is 5.47. The molecule has 0 unspecified atom stereocenters. The van der Waals surface area contributed by atoms with Crippen LogP contribution in [0.1, 0.15) is 30.4 Å². The fraction of sp³-hybridized carbons (Fsp3) is 0.261. The van der Waals surface area contributed by atoms with Gasteiger partial charge in [0.2, 0.25) is 9.84 Å². The molecule has 1 aliphatic heterocycles. The van der Waals surface area contributed by atoms with Gasteiger partial charge in [-0.2, -0.15) is 5.26 Å². The molecule has 1 saturated heterocycles. The largest absolute Gasteiger partial charge is 0.359 e. The molecule has 2 aromatic carbocycles. The number of aromatic amines is 1. The molecule has 2 heterocycles. The number of amides is 2. The molecule has 8 nitrogen and oxygen atoms in total. The first-order valence-corrected chi connectivity index (χ1v) is 11.8. The van der Waals surface area contributed by atoms with E-state index in [2.05, 4.69) is 16.4 Å². The molecule has 2 amide bonds. The fourth-order valence-electron chi connectivity index (χ4n) is 4.00. The third kappa shape index (κ3) is 3.85. The van der Waals surface area contributed by atoms with Crippen LogP contribution in [0.3, 0.4) is 0 Å². The van der Waals surface area contributed by atoms with Crippen molar-refractivity contribution in [3.05, 3.63) is 53.7 Å². The van der Waals surface area contributed by atoms with Crippen LogP contribution in [0.5, 0.6) is 0 Å². The van der Waals surface area contributed by atoms with Crippen molar-refractivity contribution in [1.82, 2.24) is 9.88 Å². The van der Waals surface area contributed by atoms with Gasteiger partial charge >= 0.3 is 11.8 Å². The summed E-state index contributed by atoms with van der Waals surface area (Å²) in [6.07, 6.45) is 4.25. The first-order valence-electron chi connectivity index (χ1n) is 10.3. The predicted octanol–water partition coefficient (Wildman–Crippen LogP) is 3.13. The minimum Gasteiger partial charge on any atom is -0.359 e. The van der Waals surface area contributed by atoms with E-state index in [1.165, 1.54) is 41.4 Å². The summed E-state index contributed by atoms with van der Waals surface area (Å²) in [7, 11) is -3.96. The number of carbonyl (C=O) groups is 2. The number of likely N-dealkylation sites (tertiary alicyclic amines) is 1. The smallest absolute Gasteiger partial charge is 0.313 e. The Morgan fingerprint density at radius 2 is 1.88 bits per heavy atom. The molecule has 0 aliphatic carbocycles. The van der Waals surface area contributed by atoms with Gasteiger partial charge in [0.25, 0.3) is 0 Å². The van der Waals surface area contributed by atoms with Crippen LogP contribution in [0.15, 0.2) is 52.4 Å². The Morgan fingerprint density at radius 3 is 2.59 bits per heavy atom. The van der Waals surface area contributed by atoms with E-state index in [0.29, 0.717) is 29.6 Å². The first-order chi connectivity index (χ1) is 15.3. The van der Waals surface area contributed by atoms with E-state index in [0.717, 1.165) is 24.8 Å². The highest BCUT2D eigenvalue weighted by molar-refractivity contribution is 7.91. The lowest BCUT2D eigenvalue weighted by molar-refractivity contribution is -0.143. The van der Waals surface area contributed by atoms with Gasteiger partial charge in [0, 0.05) is 30.4 Å². The summed E-state index contributed by atoms with van der Waals surface area (Å²) in [6, 6.07) is 11.0. The van der Waals surface area contributed by atoms with E-state index in [-0.39, 0.29) is 15.5 Å². The van der Waals surface area contributed by atoms with E-state index in [9.17, 15) is 23.3 Å². The van der Waals surface area contributed by atoms with Gasteiger partial charge in [0.1, 0.15) is 6.07 Å². The summed E-state index contributed by atoms with van der Waals surface area (Å²) in [5, 5.41) is 12.4. The van der Waals surface area contributed by atoms with Gasteiger partial charge < -0.3 is 15.2 Å². The number of nitrogens with zero attached hydrogens (tertiary/aromatic N) is 2. The van der Waals surface area contributed by atoms with E-state index < -0.39 is 21.7 Å². The molecule has 0 bridgehead atoms. The molecular formula is C23H22N4O4S. The van der Waals surface area contributed by atoms with E-state index in [1.807, 2.05) is 6.92 Å². The number of anilines is 1. The normalized spacial score (nSPS) is 14.2. The van der Waals surface area contributed by atoms with Crippen molar-refractivity contribution < 1.29 is 18.0 Å². The zero-order valence-electron chi connectivity index (χ0n) is 17.5. The molecule has 0 spiro atoms. The monoisotopic (exact) mass is 450 g/mol. The van der Waals surface area contributed by atoms with Crippen LogP contribution in [0, 0.1) is 18.3 Å². The third-order valence-corrected chi connectivity index (χ3v) is 7.45. The quantitative estimate of drug-likeness (QED) is 0.594. The molecular weight excluding hydrogens is 428 g/mol. The average molecular weight is 451 g/mol. The Morgan fingerprint density at radius 1 is 1.12 bits per heavy atom. The van der Waals surface area contributed by atoms with Gasteiger partial charge in [0.05, 0.1) is 20.9 Å². The van der Waals surface area contributed by atoms with Crippen LogP contribution < -0.4 is 5.32 Å².